The third kappa shape index (κ3) is 8.98. The van der Waals surface area contributed by atoms with Gasteiger partial charge in [-0.25, -0.2) is 9.78 Å². The molecule has 3 aliphatic rings. The maximum atomic E-state index is 13.7. The number of hydrogen-bond donors (Lipinski definition) is 3. The summed E-state index contributed by atoms with van der Waals surface area (Å²) in [6.07, 6.45) is 3.85. The van der Waals surface area contributed by atoms with E-state index in [4.69, 9.17) is 9.47 Å². The maximum absolute atomic E-state index is 13.7. The third-order valence-corrected chi connectivity index (χ3v) is 9.44. The Labute approximate surface area is 290 Å². The minimum atomic E-state index is -1.05. The molecule has 270 valence electrons. The van der Waals surface area contributed by atoms with E-state index in [1.54, 1.807) is 24.0 Å². The Balaban J connectivity index is 1.30. The lowest BCUT2D eigenvalue weighted by molar-refractivity contribution is -0.140. The van der Waals surface area contributed by atoms with Gasteiger partial charge in [0.2, 0.25) is 11.8 Å². The van der Waals surface area contributed by atoms with Crippen molar-refractivity contribution in [1.82, 2.24) is 30.3 Å². The number of hydrogen-bond acceptors (Lipinski definition) is 9. The number of amides is 5. The molecule has 5 rings (SSSR count). The predicted molar refractivity (Wildman–Crippen MR) is 180 cm³/mol. The molecule has 2 atom stereocenters. The van der Waals surface area contributed by atoms with Gasteiger partial charge in [0.1, 0.15) is 23.5 Å². The first-order valence-electron chi connectivity index (χ1n) is 17.4. The van der Waals surface area contributed by atoms with Crippen molar-refractivity contribution in [3.05, 3.63) is 35.5 Å². The number of carboxylic acid groups (broad SMARTS) is 1. The maximum Gasteiger partial charge on any atom is 0.409 e. The van der Waals surface area contributed by atoms with Crippen LogP contribution in [0.5, 0.6) is 5.75 Å². The number of nitrogens with zero attached hydrogens (tertiary/aromatic N) is 4. The van der Waals surface area contributed by atoms with Gasteiger partial charge < -0.3 is 39.9 Å². The lowest BCUT2D eigenvalue weighted by Gasteiger charge is -2.36. The summed E-state index contributed by atoms with van der Waals surface area (Å²) in [7, 11) is 0. The van der Waals surface area contributed by atoms with Crippen LogP contribution in [0.4, 0.5) is 4.79 Å². The SMILES string of the molecule is CCOC(=O)N1CCN(C(=O)C(CCCC(=O)O)NC(=O)c2cc(OCC(=O)N3CCCC3C(=O)NC3CCC3)c3ccc(C)cc3n2)CC1. The fourth-order valence-electron chi connectivity index (χ4n) is 6.44. The van der Waals surface area contributed by atoms with E-state index in [0.717, 1.165) is 24.8 Å². The number of rotatable bonds is 13. The zero-order chi connectivity index (χ0) is 35.8. The van der Waals surface area contributed by atoms with Crippen molar-refractivity contribution < 1.29 is 43.3 Å². The van der Waals surface area contributed by atoms with E-state index < -0.39 is 36.0 Å². The van der Waals surface area contributed by atoms with Gasteiger partial charge in [0.15, 0.2) is 6.61 Å². The van der Waals surface area contributed by atoms with Crippen LogP contribution in [-0.2, 0) is 23.9 Å². The minimum Gasteiger partial charge on any atom is -0.483 e. The van der Waals surface area contributed by atoms with Crippen molar-refractivity contribution in [2.45, 2.75) is 83.3 Å². The Morgan fingerprint density at radius 1 is 0.980 bits per heavy atom. The quantitative estimate of drug-likeness (QED) is 0.281. The summed E-state index contributed by atoms with van der Waals surface area (Å²) in [5.74, 6) is -2.33. The Bertz CT molecular complexity index is 1600. The molecule has 1 aliphatic carbocycles. The van der Waals surface area contributed by atoms with E-state index in [1.807, 2.05) is 13.0 Å². The number of aromatic nitrogens is 1. The zero-order valence-corrected chi connectivity index (χ0v) is 28.7. The van der Waals surface area contributed by atoms with Crippen LogP contribution in [0, 0.1) is 6.92 Å². The largest absolute Gasteiger partial charge is 0.483 e. The van der Waals surface area contributed by atoms with Gasteiger partial charge in [0.25, 0.3) is 11.8 Å². The molecular weight excluding hydrogens is 648 g/mol. The average molecular weight is 695 g/mol. The lowest BCUT2D eigenvalue weighted by atomic mass is 9.93. The van der Waals surface area contributed by atoms with E-state index in [0.29, 0.717) is 30.3 Å². The van der Waals surface area contributed by atoms with E-state index in [9.17, 15) is 33.9 Å². The monoisotopic (exact) mass is 694 g/mol. The number of carbonyl (C=O) groups excluding carboxylic acids is 5. The van der Waals surface area contributed by atoms with Gasteiger partial charge in [0, 0.05) is 56.6 Å². The molecular formula is C35H46N6O9. The molecule has 5 amide bonds. The molecule has 1 aromatic heterocycles. The van der Waals surface area contributed by atoms with E-state index in [1.165, 1.54) is 15.9 Å². The summed E-state index contributed by atoms with van der Waals surface area (Å²) in [6.45, 7) is 4.89. The number of aryl methyl sites for hydroxylation is 1. The Kier molecular flexibility index (Phi) is 12.1. The number of piperazine rings is 1. The third-order valence-electron chi connectivity index (χ3n) is 9.44. The van der Waals surface area contributed by atoms with Crippen LogP contribution in [0.1, 0.15) is 74.3 Å². The van der Waals surface area contributed by atoms with Gasteiger partial charge in [0.05, 0.1) is 12.1 Å². The molecule has 0 radical (unpaired) electrons. The summed E-state index contributed by atoms with van der Waals surface area (Å²) in [5.41, 5.74) is 1.28. The van der Waals surface area contributed by atoms with Crippen molar-refractivity contribution in [1.29, 1.82) is 0 Å². The molecule has 1 saturated carbocycles. The molecule has 0 bridgehead atoms. The minimum absolute atomic E-state index is 0.0485. The summed E-state index contributed by atoms with van der Waals surface area (Å²) in [5, 5.41) is 15.6. The molecule has 15 nitrogen and oxygen atoms in total. The number of benzene rings is 1. The fourth-order valence-corrected chi connectivity index (χ4v) is 6.44. The number of nitrogens with one attached hydrogen (secondary N) is 2. The second-order valence-corrected chi connectivity index (χ2v) is 13.0. The molecule has 3 fully saturated rings. The number of pyridine rings is 1. The molecule has 2 saturated heterocycles. The number of likely N-dealkylation sites (tertiary alicyclic amines) is 1. The van der Waals surface area contributed by atoms with Gasteiger partial charge >= 0.3 is 12.1 Å². The second-order valence-electron chi connectivity index (χ2n) is 13.0. The number of ether oxygens (including phenoxy) is 2. The van der Waals surface area contributed by atoms with Crippen LogP contribution in [0.2, 0.25) is 0 Å². The highest BCUT2D eigenvalue weighted by Crippen LogP contribution is 2.28. The first-order valence-corrected chi connectivity index (χ1v) is 17.4. The number of fused-ring (bicyclic) bond motifs is 1. The molecule has 2 aromatic rings. The summed E-state index contributed by atoms with van der Waals surface area (Å²) >= 11 is 0. The highest BCUT2D eigenvalue weighted by molar-refractivity contribution is 5.99. The van der Waals surface area contributed by atoms with Crippen molar-refractivity contribution in [2.24, 2.45) is 0 Å². The number of carbonyl (C=O) groups is 6. The summed E-state index contributed by atoms with van der Waals surface area (Å²) < 4.78 is 11.1. The highest BCUT2D eigenvalue weighted by atomic mass is 16.6. The fraction of sp³-hybridized carbons (Fsp3) is 0.571. The second kappa shape index (κ2) is 16.6. The topological polar surface area (TPSA) is 188 Å². The Morgan fingerprint density at radius 3 is 2.40 bits per heavy atom. The zero-order valence-electron chi connectivity index (χ0n) is 28.7. The van der Waals surface area contributed by atoms with Crippen molar-refractivity contribution in [3.63, 3.8) is 0 Å². The Hall–Kier alpha value is -4.95. The van der Waals surface area contributed by atoms with Gasteiger partial charge in [-0.15, -0.1) is 0 Å². The number of aliphatic carboxylic acids is 1. The predicted octanol–water partition coefficient (Wildman–Crippen LogP) is 2.24. The molecule has 50 heavy (non-hydrogen) atoms. The van der Waals surface area contributed by atoms with Crippen LogP contribution in [0.3, 0.4) is 0 Å². The highest BCUT2D eigenvalue weighted by Gasteiger charge is 2.36. The van der Waals surface area contributed by atoms with Crippen LogP contribution in [0.25, 0.3) is 10.9 Å². The van der Waals surface area contributed by atoms with E-state index in [-0.39, 0.29) is 88.0 Å². The smallest absolute Gasteiger partial charge is 0.409 e. The van der Waals surface area contributed by atoms with Crippen LogP contribution < -0.4 is 15.4 Å². The molecule has 3 N–H and O–H groups in total. The molecule has 3 heterocycles. The molecule has 2 aliphatic heterocycles. The molecule has 1 aromatic carbocycles. The average Bonchev–Trinajstić information content (AvgIpc) is 3.58. The van der Waals surface area contributed by atoms with Gasteiger partial charge in [-0.05, 0) is 76.5 Å². The Morgan fingerprint density at radius 2 is 1.72 bits per heavy atom. The summed E-state index contributed by atoms with van der Waals surface area (Å²) in [6, 6.07) is 5.42. The van der Waals surface area contributed by atoms with Crippen LogP contribution in [0.15, 0.2) is 24.3 Å². The standard InChI is InChI=1S/C35H46N6O9/c1-3-49-35(48)40-17-15-39(16-18-40)34(47)25(9-5-11-31(43)44)38-32(45)27-20-29(24-13-12-22(2)19-26(24)37-27)50-21-30(42)41-14-6-10-28(41)33(46)36-23-7-4-8-23/h12-13,19-20,23,25,28H,3-11,14-18,21H2,1-2H3,(H,36,46)(H,38,45)(H,43,44). The first-order chi connectivity index (χ1) is 24.0. The normalized spacial score (nSPS) is 18.3. The van der Waals surface area contributed by atoms with Gasteiger partial charge in [-0.2, -0.15) is 0 Å². The van der Waals surface area contributed by atoms with Crippen molar-refractivity contribution in [2.75, 3.05) is 45.9 Å². The molecule has 2 unspecified atom stereocenters. The van der Waals surface area contributed by atoms with Gasteiger partial charge in [-0.3, -0.25) is 24.0 Å². The lowest BCUT2D eigenvalue weighted by Crippen LogP contribution is -2.56. The molecule has 0 spiro atoms. The van der Waals surface area contributed by atoms with Crippen molar-refractivity contribution >= 4 is 46.6 Å². The number of carboxylic acids is 1. The van der Waals surface area contributed by atoms with Crippen LogP contribution in [-0.4, -0.2) is 125 Å². The van der Waals surface area contributed by atoms with Crippen LogP contribution >= 0.6 is 0 Å². The van der Waals surface area contributed by atoms with Gasteiger partial charge in [-0.1, -0.05) is 6.07 Å². The first kappa shape index (κ1) is 36.3. The van der Waals surface area contributed by atoms with E-state index >= 15 is 0 Å². The summed E-state index contributed by atoms with van der Waals surface area (Å²) in [4.78, 5) is 86.1. The molecule has 15 heteroatoms. The van der Waals surface area contributed by atoms with Crippen molar-refractivity contribution in [3.8, 4) is 5.75 Å². The van der Waals surface area contributed by atoms with E-state index in [2.05, 4.69) is 15.6 Å².